The largest absolute Gasteiger partial charge is 0.440 e. The summed E-state index contributed by atoms with van der Waals surface area (Å²) < 4.78 is 40.7. The molecule has 1 fully saturated rings. The fraction of sp³-hybridized carbons (Fsp3) is 0.450. The molecule has 1 aliphatic rings. The Hall–Kier alpha value is -2.62. The number of ether oxygens (including phenoxy) is 1. The molecule has 1 aromatic carbocycles. The summed E-state index contributed by atoms with van der Waals surface area (Å²) in [5, 5.41) is 5.18. The van der Waals surface area contributed by atoms with E-state index in [1.807, 2.05) is 37.4 Å². The highest BCUT2D eigenvalue weighted by Gasteiger charge is 2.33. The van der Waals surface area contributed by atoms with Crippen molar-refractivity contribution >= 4 is 28.5 Å². The Morgan fingerprint density at radius 3 is 2.63 bits per heavy atom. The number of rotatable bonds is 4. The summed E-state index contributed by atoms with van der Waals surface area (Å²) in [6, 6.07) is 6.10. The Kier molecular flexibility index (Phi) is 6.64. The van der Waals surface area contributed by atoms with Gasteiger partial charge in [0.15, 0.2) is 11.7 Å². The number of hydrogen-bond donors (Lipinski definition) is 1. The lowest BCUT2D eigenvalue weighted by molar-refractivity contribution is -0.162. The van der Waals surface area contributed by atoms with Crippen LogP contribution in [-0.4, -0.2) is 47.8 Å². The van der Waals surface area contributed by atoms with Gasteiger partial charge in [0.2, 0.25) is 5.91 Å². The molecule has 0 spiro atoms. The molecule has 0 unspecified atom stereocenters. The van der Waals surface area contributed by atoms with Crippen LogP contribution in [0.5, 0.6) is 0 Å². The standard InChI is InChI=1S/C20H22F3N3O3S/c1-12-3-4-13(2)15(9-12)16-10-30-18(24-16)25-17(27)14-5-7-26(8-6-14)19(28)29-11-20(21,22)23/h3-4,9-10,14H,5-8,11H2,1-2H3,(H,24,25,27). The first-order chi connectivity index (χ1) is 14.1. The molecule has 1 saturated heterocycles. The van der Waals surface area contributed by atoms with E-state index in [4.69, 9.17) is 0 Å². The van der Waals surface area contributed by atoms with Crippen molar-refractivity contribution in [3.8, 4) is 11.3 Å². The van der Waals surface area contributed by atoms with Gasteiger partial charge in [-0.25, -0.2) is 9.78 Å². The fourth-order valence-corrected chi connectivity index (χ4v) is 3.95. The van der Waals surface area contributed by atoms with Crippen molar-refractivity contribution in [1.82, 2.24) is 9.88 Å². The van der Waals surface area contributed by atoms with Crippen molar-refractivity contribution < 1.29 is 27.5 Å². The van der Waals surface area contributed by atoms with Crippen LogP contribution in [0.15, 0.2) is 23.6 Å². The topological polar surface area (TPSA) is 71.5 Å². The van der Waals surface area contributed by atoms with Gasteiger partial charge in [0.05, 0.1) is 5.69 Å². The lowest BCUT2D eigenvalue weighted by Gasteiger charge is -2.30. The molecule has 2 aromatic rings. The highest BCUT2D eigenvalue weighted by atomic mass is 32.1. The summed E-state index contributed by atoms with van der Waals surface area (Å²) in [5.41, 5.74) is 4.01. The summed E-state index contributed by atoms with van der Waals surface area (Å²) in [6.07, 6.45) is -4.87. The number of anilines is 1. The minimum atomic E-state index is -4.56. The Bertz CT molecular complexity index is 922. The number of thiazole rings is 1. The number of amides is 2. The third-order valence-corrected chi connectivity index (χ3v) is 5.64. The molecule has 1 aromatic heterocycles. The second-order valence-electron chi connectivity index (χ2n) is 7.28. The molecule has 1 N–H and O–H groups in total. The van der Waals surface area contributed by atoms with Crippen LogP contribution in [0.25, 0.3) is 11.3 Å². The predicted molar refractivity (Wildman–Crippen MR) is 107 cm³/mol. The van der Waals surface area contributed by atoms with E-state index in [1.165, 1.54) is 16.2 Å². The van der Waals surface area contributed by atoms with Crippen LogP contribution in [0.2, 0.25) is 0 Å². The van der Waals surface area contributed by atoms with Gasteiger partial charge in [-0.05, 0) is 38.3 Å². The quantitative estimate of drug-likeness (QED) is 0.742. The third kappa shape index (κ3) is 5.71. The van der Waals surface area contributed by atoms with Gasteiger partial charge in [-0.3, -0.25) is 4.79 Å². The average Bonchev–Trinajstić information content (AvgIpc) is 3.15. The SMILES string of the molecule is Cc1ccc(C)c(-c2csc(NC(=O)C3CCN(C(=O)OCC(F)(F)F)CC3)n2)c1. The molecule has 0 saturated carbocycles. The van der Waals surface area contributed by atoms with Crippen molar-refractivity contribution in [3.63, 3.8) is 0 Å². The Labute approximate surface area is 176 Å². The van der Waals surface area contributed by atoms with Crippen molar-refractivity contribution in [1.29, 1.82) is 0 Å². The summed E-state index contributed by atoms with van der Waals surface area (Å²) in [5.74, 6) is -0.551. The number of hydrogen-bond acceptors (Lipinski definition) is 5. The smallest absolute Gasteiger partial charge is 0.422 e. The molecule has 162 valence electrons. The average molecular weight is 441 g/mol. The molecule has 6 nitrogen and oxygen atoms in total. The van der Waals surface area contributed by atoms with Crippen LogP contribution in [0, 0.1) is 19.8 Å². The number of nitrogens with zero attached hydrogens (tertiary/aromatic N) is 2. The molecule has 10 heteroatoms. The molecule has 30 heavy (non-hydrogen) atoms. The van der Waals surface area contributed by atoms with Gasteiger partial charge < -0.3 is 15.0 Å². The Balaban J connectivity index is 1.52. The fourth-order valence-electron chi connectivity index (χ4n) is 3.23. The number of benzene rings is 1. The molecule has 0 aliphatic carbocycles. The molecule has 2 heterocycles. The molecule has 2 amide bonds. The first-order valence-corrected chi connectivity index (χ1v) is 10.3. The van der Waals surface area contributed by atoms with Crippen molar-refractivity contribution in [2.45, 2.75) is 32.9 Å². The Morgan fingerprint density at radius 1 is 1.27 bits per heavy atom. The summed E-state index contributed by atoms with van der Waals surface area (Å²) in [6.45, 7) is 2.73. The van der Waals surface area contributed by atoms with Gasteiger partial charge in [-0.15, -0.1) is 11.3 Å². The number of piperidine rings is 1. The molecular weight excluding hydrogens is 419 g/mol. The maximum Gasteiger partial charge on any atom is 0.422 e. The number of nitrogens with one attached hydrogen (secondary N) is 1. The number of alkyl halides is 3. The predicted octanol–water partition coefficient (Wildman–Crippen LogP) is 4.78. The van der Waals surface area contributed by atoms with Crippen molar-refractivity contribution in [2.24, 2.45) is 5.92 Å². The number of halogens is 3. The number of likely N-dealkylation sites (tertiary alicyclic amines) is 1. The summed E-state index contributed by atoms with van der Waals surface area (Å²) in [4.78, 5) is 29.9. The van der Waals surface area contributed by atoms with Gasteiger partial charge in [0.25, 0.3) is 0 Å². The van der Waals surface area contributed by atoms with E-state index in [0.717, 1.165) is 22.4 Å². The van der Waals surface area contributed by atoms with Crippen LogP contribution in [-0.2, 0) is 9.53 Å². The zero-order chi connectivity index (χ0) is 21.9. The molecule has 0 radical (unpaired) electrons. The highest BCUT2D eigenvalue weighted by molar-refractivity contribution is 7.14. The van der Waals surface area contributed by atoms with Gasteiger partial charge in [0.1, 0.15) is 0 Å². The van der Waals surface area contributed by atoms with Crippen molar-refractivity contribution in [3.05, 3.63) is 34.7 Å². The van der Waals surface area contributed by atoms with E-state index < -0.39 is 18.9 Å². The van der Waals surface area contributed by atoms with E-state index in [1.54, 1.807) is 0 Å². The van der Waals surface area contributed by atoms with Crippen molar-refractivity contribution in [2.75, 3.05) is 25.0 Å². The number of aryl methyl sites for hydroxylation is 2. The van der Waals surface area contributed by atoms with E-state index >= 15 is 0 Å². The molecule has 0 atom stereocenters. The van der Waals surface area contributed by atoms with E-state index in [9.17, 15) is 22.8 Å². The zero-order valence-corrected chi connectivity index (χ0v) is 17.4. The normalized spacial score (nSPS) is 15.2. The highest BCUT2D eigenvalue weighted by Crippen LogP contribution is 2.29. The van der Waals surface area contributed by atoms with Crippen LogP contribution in [0.1, 0.15) is 24.0 Å². The maximum absolute atomic E-state index is 12.5. The van der Waals surface area contributed by atoms with Crippen LogP contribution in [0.4, 0.5) is 23.1 Å². The Morgan fingerprint density at radius 2 is 1.97 bits per heavy atom. The van der Waals surface area contributed by atoms with Crippen LogP contribution < -0.4 is 5.32 Å². The second-order valence-corrected chi connectivity index (χ2v) is 8.13. The summed E-state index contributed by atoms with van der Waals surface area (Å²) in [7, 11) is 0. The van der Waals surface area contributed by atoms with E-state index in [2.05, 4.69) is 15.0 Å². The maximum atomic E-state index is 12.5. The monoisotopic (exact) mass is 441 g/mol. The third-order valence-electron chi connectivity index (χ3n) is 4.89. The van der Waals surface area contributed by atoms with E-state index in [0.29, 0.717) is 18.0 Å². The molecular formula is C20H22F3N3O3S. The minimum absolute atomic E-state index is 0.167. The molecule has 0 bridgehead atoms. The van der Waals surface area contributed by atoms with Gasteiger partial charge >= 0.3 is 12.3 Å². The first kappa shape index (κ1) is 22.1. The van der Waals surface area contributed by atoms with E-state index in [-0.39, 0.29) is 24.9 Å². The van der Waals surface area contributed by atoms with Crippen LogP contribution in [0.3, 0.4) is 0 Å². The lowest BCUT2D eigenvalue weighted by Crippen LogP contribution is -2.42. The van der Waals surface area contributed by atoms with Gasteiger partial charge in [-0.1, -0.05) is 17.7 Å². The molecule has 1 aliphatic heterocycles. The van der Waals surface area contributed by atoms with Crippen LogP contribution >= 0.6 is 11.3 Å². The summed E-state index contributed by atoms with van der Waals surface area (Å²) >= 11 is 1.33. The minimum Gasteiger partial charge on any atom is -0.440 e. The number of carbonyl (C=O) groups is 2. The number of aromatic nitrogens is 1. The molecule has 3 rings (SSSR count). The number of carbonyl (C=O) groups excluding carboxylic acids is 2. The van der Waals surface area contributed by atoms with Gasteiger partial charge in [-0.2, -0.15) is 13.2 Å². The lowest BCUT2D eigenvalue weighted by atomic mass is 9.96. The zero-order valence-electron chi connectivity index (χ0n) is 16.6. The first-order valence-electron chi connectivity index (χ1n) is 9.45. The second kappa shape index (κ2) is 9.03. The van der Waals surface area contributed by atoms with Gasteiger partial charge in [0, 0.05) is 30.0 Å².